The molecule has 0 bridgehead atoms. The third-order valence-electron chi connectivity index (χ3n) is 2.46. The van der Waals surface area contributed by atoms with Crippen LogP contribution in [0.5, 0.6) is 5.88 Å². The number of pyridine rings is 1. The van der Waals surface area contributed by atoms with E-state index in [1.807, 2.05) is 42.5 Å². The van der Waals surface area contributed by atoms with E-state index in [9.17, 15) is 0 Å². The third-order valence-corrected chi connectivity index (χ3v) is 2.46. The molecule has 2 rings (SSSR count). The molecule has 1 N–H and O–H groups in total. The molecular weight excluding hydrogens is 228 g/mol. The molecule has 0 saturated carbocycles. The van der Waals surface area contributed by atoms with Crippen molar-refractivity contribution in [2.24, 2.45) is 5.16 Å². The largest absolute Gasteiger partial charge is 0.473 e. The first-order valence-electron chi connectivity index (χ1n) is 5.66. The summed E-state index contributed by atoms with van der Waals surface area (Å²) in [6.45, 7) is 0.491. The van der Waals surface area contributed by atoms with Gasteiger partial charge in [0, 0.05) is 24.9 Å². The maximum atomic E-state index is 8.33. The van der Waals surface area contributed by atoms with Crippen LogP contribution in [0.3, 0.4) is 0 Å². The summed E-state index contributed by atoms with van der Waals surface area (Å²) in [5, 5.41) is 11.3. The summed E-state index contributed by atoms with van der Waals surface area (Å²) in [5.41, 5.74) is 2.17. The van der Waals surface area contributed by atoms with Crippen LogP contribution < -0.4 is 4.74 Å². The first-order chi connectivity index (χ1) is 8.88. The molecule has 0 amide bonds. The van der Waals surface area contributed by atoms with E-state index < -0.39 is 0 Å². The van der Waals surface area contributed by atoms with Crippen LogP contribution in [0.4, 0.5) is 0 Å². The van der Waals surface area contributed by atoms with E-state index >= 15 is 0 Å². The standard InChI is InChI=1S/C14H14N2O2/c17-16-10-8-12-4-6-13(7-5-12)11-18-14-3-1-2-9-15-14/h1-7,9-10,17H,8,11H2/b16-10+. The monoisotopic (exact) mass is 242 g/mol. The molecule has 0 fully saturated rings. The smallest absolute Gasteiger partial charge is 0.213 e. The highest BCUT2D eigenvalue weighted by Crippen LogP contribution is 2.09. The van der Waals surface area contributed by atoms with Gasteiger partial charge < -0.3 is 9.94 Å². The van der Waals surface area contributed by atoms with Gasteiger partial charge in [-0.2, -0.15) is 0 Å². The summed E-state index contributed by atoms with van der Waals surface area (Å²) >= 11 is 0. The third kappa shape index (κ3) is 3.59. The molecule has 1 aromatic carbocycles. The molecule has 0 atom stereocenters. The molecule has 0 aliphatic carbocycles. The van der Waals surface area contributed by atoms with E-state index in [1.54, 1.807) is 6.20 Å². The molecule has 18 heavy (non-hydrogen) atoms. The molecule has 0 aliphatic heterocycles. The number of aromatic nitrogens is 1. The predicted octanol–water partition coefficient (Wildman–Crippen LogP) is 2.66. The van der Waals surface area contributed by atoms with Crippen molar-refractivity contribution in [3.63, 3.8) is 0 Å². The topological polar surface area (TPSA) is 54.7 Å². The molecule has 0 radical (unpaired) electrons. The first-order valence-corrected chi connectivity index (χ1v) is 5.66. The number of hydrogen-bond donors (Lipinski definition) is 1. The summed E-state index contributed by atoms with van der Waals surface area (Å²) < 4.78 is 5.54. The number of hydrogen-bond acceptors (Lipinski definition) is 4. The minimum Gasteiger partial charge on any atom is -0.473 e. The van der Waals surface area contributed by atoms with Gasteiger partial charge in [0.1, 0.15) is 6.61 Å². The zero-order valence-electron chi connectivity index (χ0n) is 9.86. The lowest BCUT2D eigenvalue weighted by Gasteiger charge is -2.05. The Morgan fingerprint density at radius 3 is 2.56 bits per heavy atom. The van der Waals surface area contributed by atoms with Crippen molar-refractivity contribution in [1.29, 1.82) is 0 Å². The van der Waals surface area contributed by atoms with Crippen LogP contribution in [0.1, 0.15) is 11.1 Å². The summed E-state index contributed by atoms with van der Waals surface area (Å²) in [4.78, 5) is 4.08. The van der Waals surface area contributed by atoms with Crippen molar-refractivity contribution >= 4 is 6.21 Å². The lowest BCUT2D eigenvalue weighted by atomic mass is 10.1. The molecule has 0 unspecified atom stereocenters. The normalized spacial score (nSPS) is 10.7. The van der Waals surface area contributed by atoms with Gasteiger partial charge in [-0.3, -0.25) is 0 Å². The molecular formula is C14H14N2O2. The van der Waals surface area contributed by atoms with E-state index in [0.29, 0.717) is 18.9 Å². The fraction of sp³-hybridized carbons (Fsp3) is 0.143. The van der Waals surface area contributed by atoms with Crippen molar-refractivity contribution in [2.45, 2.75) is 13.0 Å². The second-order valence-corrected chi connectivity index (χ2v) is 3.78. The highest BCUT2D eigenvalue weighted by Gasteiger charge is 1.97. The molecule has 4 heteroatoms. The second kappa shape index (κ2) is 6.39. The minimum absolute atomic E-state index is 0.491. The fourth-order valence-electron chi connectivity index (χ4n) is 1.51. The van der Waals surface area contributed by atoms with E-state index in [4.69, 9.17) is 9.94 Å². The number of ether oxygens (including phenoxy) is 1. The van der Waals surface area contributed by atoms with Crippen LogP contribution in [-0.4, -0.2) is 16.4 Å². The first kappa shape index (κ1) is 12.1. The van der Waals surface area contributed by atoms with Gasteiger partial charge in [0.25, 0.3) is 0 Å². The molecule has 2 aromatic rings. The minimum atomic E-state index is 0.491. The molecule has 0 aliphatic rings. The molecule has 92 valence electrons. The number of nitrogens with zero attached hydrogens (tertiary/aromatic N) is 2. The van der Waals surface area contributed by atoms with Crippen molar-refractivity contribution in [1.82, 2.24) is 4.98 Å². The Hall–Kier alpha value is -2.36. The average molecular weight is 242 g/mol. The lowest BCUT2D eigenvalue weighted by molar-refractivity contribution is 0.294. The Bertz CT molecular complexity index is 495. The lowest BCUT2D eigenvalue weighted by Crippen LogP contribution is -1.97. The number of oxime groups is 1. The SMILES string of the molecule is O/N=C/Cc1ccc(COc2ccccn2)cc1. The van der Waals surface area contributed by atoms with E-state index in [-0.39, 0.29) is 0 Å². The van der Waals surface area contributed by atoms with E-state index in [2.05, 4.69) is 10.1 Å². The molecule has 0 spiro atoms. The van der Waals surface area contributed by atoms with Crippen molar-refractivity contribution in [3.05, 3.63) is 59.8 Å². The molecule has 1 aromatic heterocycles. The van der Waals surface area contributed by atoms with Crippen molar-refractivity contribution < 1.29 is 9.94 Å². The van der Waals surface area contributed by atoms with Gasteiger partial charge >= 0.3 is 0 Å². The number of rotatable bonds is 5. The summed E-state index contributed by atoms with van der Waals surface area (Å²) in [5.74, 6) is 0.619. The Kier molecular flexibility index (Phi) is 4.30. The Labute approximate surface area is 106 Å². The van der Waals surface area contributed by atoms with Crippen LogP contribution in [0.15, 0.2) is 53.8 Å². The predicted molar refractivity (Wildman–Crippen MR) is 69.0 cm³/mol. The highest BCUT2D eigenvalue weighted by atomic mass is 16.5. The van der Waals surface area contributed by atoms with Gasteiger partial charge in [0.2, 0.25) is 5.88 Å². The maximum Gasteiger partial charge on any atom is 0.213 e. The maximum absolute atomic E-state index is 8.33. The van der Waals surface area contributed by atoms with Crippen LogP contribution in [0.25, 0.3) is 0 Å². The molecule has 4 nitrogen and oxygen atoms in total. The highest BCUT2D eigenvalue weighted by molar-refractivity contribution is 5.60. The van der Waals surface area contributed by atoms with Gasteiger partial charge in [-0.05, 0) is 17.2 Å². The summed E-state index contributed by atoms with van der Waals surface area (Å²) in [7, 11) is 0. The quantitative estimate of drug-likeness (QED) is 0.498. The van der Waals surface area contributed by atoms with Gasteiger partial charge in [-0.25, -0.2) is 4.98 Å². The van der Waals surface area contributed by atoms with Crippen molar-refractivity contribution in [2.75, 3.05) is 0 Å². The number of benzene rings is 1. The Balaban J connectivity index is 1.90. The van der Waals surface area contributed by atoms with Crippen LogP contribution in [0.2, 0.25) is 0 Å². The van der Waals surface area contributed by atoms with Gasteiger partial charge in [-0.15, -0.1) is 5.16 Å². The summed E-state index contributed by atoms with van der Waals surface area (Å²) in [6, 6.07) is 13.5. The zero-order chi connectivity index (χ0) is 12.6. The van der Waals surface area contributed by atoms with Crippen LogP contribution in [0, 0.1) is 0 Å². The Morgan fingerprint density at radius 2 is 1.89 bits per heavy atom. The Morgan fingerprint density at radius 1 is 1.11 bits per heavy atom. The van der Waals surface area contributed by atoms with Gasteiger partial charge in [0.05, 0.1) is 0 Å². The van der Waals surface area contributed by atoms with E-state index in [0.717, 1.165) is 11.1 Å². The van der Waals surface area contributed by atoms with Gasteiger partial charge in [0.15, 0.2) is 0 Å². The van der Waals surface area contributed by atoms with E-state index in [1.165, 1.54) is 6.21 Å². The zero-order valence-corrected chi connectivity index (χ0v) is 9.86. The molecule has 1 heterocycles. The molecule has 0 saturated heterocycles. The fourth-order valence-corrected chi connectivity index (χ4v) is 1.51. The van der Waals surface area contributed by atoms with Crippen LogP contribution >= 0.6 is 0 Å². The van der Waals surface area contributed by atoms with Crippen LogP contribution in [-0.2, 0) is 13.0 Å². The average Bonchev–Trinajstić information content (AvgIpc) is 2.45. The summed E-state index contributed by atoms with van der Waals surface area (Å²) in [6.07, 6.45) is 3.78. The van der Waals surface area contributed by atoms with Crippen molar-refractivity contribution in [3.8, 4) is 5.88 Å². The second-order valence-electron chi connectivity index (χ2n) is 3.78. The van der Waals surface area contributed by atoms with Gasteiger partial charge in [-0.1, -0.05) is 30.3 Å².